The Labute approximate surface area is 192 Å². The Bertz CT molecular complexity index is 1200. The number of ether oxygens (including phenoxy) is 1. The third-order valence-electron chi connectivity index (χ3n) is 5.08. The number of nitrogens with one attached hydrogen (secondary N) is 2. The molecule has 0 saturated heterocycles. The van der Waals surface area contributed by atoms with Gasteiger partial charge in [0.05, 0.1) is 6.61 Å². The molecule has 0 aliphatic rings. The van der Waals surface area contributed by atoms with Crippen molar-refractivity contribution in [2.45, 2.75) is 13.5 Å². The zero-order valence-electron chi connectivity index (χ0n) is 18.3. The van der Waals surface area contributed by atoms with Gasteiger partial charge in [-0.1, -0.05) is 12.1 Å². The molecule has 33 heavy (non-hydrogen) atoms. The summed E-state index contributed by atoms with van der Waals surface area (Å²) in [6.45, 7) is 3.27. The van der Waals surface area contributed by atoms with Crippen LogP contribution < -0.4 is 15.4 Å². The van der Waals surface area contributed by atoms with Crippen molar-refractivity contribution in [3.05, 3.63) is 114 Å². The van der Waals surface area contributed by atoms with E-state index in [1.807, 2.05) is 67.8 Å². The fourth-order valence-electron chi connectivity index (χ4n) is 3.36. The van der Waals surface area contributed by atoms with Gasteiger partial charge in [0.15, 0.2) is 0 Å². The molecule has 1 heterocycles. The first kappa shape index (κ1) is 21.9. The first-order valence-corrected chi connectivity index (χ1v) is 10.8. The largest absolute Gasteiger partial charge is 0.494 e. The van der Waals surface area contributed by atoms with Gasteiger partial charge >= 0.3 is 0 Å². The molecule has 3 aromatic carbocycles. The standard InChI is InChI=1S/C27H25N3O3/c1-2-33-25-15-13-24(14-16-25)29-27(32)22-9-11-23(12-10-22)28-26(31)21-7-5-20(6-8-21)19-30-17-3-4-18-30/h3-18H,2,19H2,1H3,(H,28,31)(H,29,32). The van der Waals surface area contributed by atoms with Crippen molar-refractivity contribution in [1.82, 2.24) is 4.57 Å². The average molecular weight is 440 g/mol. The molecule has 2 amide bonds. The molecule has 4 aromatic rings. The molecule has 0 aliphatic heterocycles. The Hall–Kier alpha value is -4.32. The lowest BCUT2D eigenvalue weighted by Gasteiger charge is -2.09. The third-order valence-corrected chi connectivity index (χ3v) is 5.08. The number of hydrogen-bond donors (Lipinski definition) is 2. The summed E-state index contributed by atoms with van der Waals surface area (Å²) in [6.07, 6.45) is 4.01. The fourth-order valence-corrected chi connectivity index (χ4v) is 3.36. The molecule has 0 fully saturated rings. The lowest BCUT2D eigenvalue weighted by atomic mass is 10.1. The van der Waals surface area contributed by atoms with Crippen LogP contribution in [-0.4, -0.2) is 23.0 Å². The van der Waals surface area contributed by atoms with Crippen molar-refractivity contribution >= 4 is 23.2 Å². The highest BCUT2D eigenvalue weighted by molar-refractivity contribution is 6.06. The van der Waals surface area contributed by atoms with Gasteiger partial charge in [-0.05, 0) is 85.3 Å². The second kappa shape index (κ2) is 10.3. The van der Waals surface area contributed by atoms with Gasteiger partial charge in [0.25, 0.3) is 11.8 Å². The molecule has 0 saturated carbocycles. The molecular weight excluding hydrogens is 414 g/mol. The van der Waals surface area contributed by atoms with E-state index in [9.17, 15) is 9.59 Å². The van der Waals surface area contributed by atoms with Gasteiger partial charge in [-0.15, -0.1) is 0 Å². The highest BCUT2D eigenvalue weighted by Gasteiger charge is 2.09. The van der Waals surface area contributed by atoms with Crippen LogP contribution in [0.3, 0.4) is 0 Å². The first-order valence-electron chi connectivity index (χ1n) is 10.8. The van der Waals surface area contributed by atoms with Crippen LogP contribution in [0.15, 0.2) is 97.3 Å². The van der Waals surface area contributed by atoms with Crippen molar-refractivity contribution in [3.8, 4) is 5.75 Å². The van der Waals surface area contributed by atoms with Crippen LogP contribution >= 0.6 is 0 Å². The van der Waals surface area contributed by atoms with Gasteiger partial charge in [0, 0.05) is 41.4 Å². The molecular formula is C27H25N3O3. The van der Waals surface area contributed by atoms with Crippen molar-refractivity contribution in [2.75, 3.05) is 17.2 Å². The highest BCUT2D eigenvalue weighted by atomic mass is 16.5. The van der Waals surface area contributed by atoms with Crippen molar-refractivity contribution in [1.29, 1.82) is 0 Å². The van der Waals surface area contributed by atoms with Crippen LogP contribution in [0.2, 0.25) is 0 Å². The van der Waals surface area contributed by atoms with E-state index in [0.717, 1.165) is 17.9 Å². The number of rotatable bonds is 8. The molecule has 1 aromatic heterocycles. The van der Waals surface area contributed by atoms with Gasteiger partial charge in [-0.2, -0.15) is 0 Å². The molecule has 6 heteroatoms. The SMILES string of the molecule is CCOc1ccc(NC(=O)c2ccc(NC(=O)c3ccc(Cn4cccc4)cc3)cc2)cc1. The molecule has 0 atom stereocenters. The summed E-state index contributed by atoms with van der Waals surface area (Å²) in [4.78, 5) is 25.1. The molecule has 166 valence electrons. The highest BCUT2D eigenvalue weighted by Crippen LogP contribution is 2.18. The number of anilines is 2. The minimum atomic E-state index is -0.227. The summed E-state index contributed by atoms with van der Waals surface area (Å²) in [6, 6.07) is 25.5. The molecule has 4 rings (SSSR count). The summed E-state index contributed by atoms with van der Waals surface area (Å²) >= 11 is 0. The van der Waals surface area contributed by atoms with E-state index in [1.54, 1.807) is 36.4 Å². The van der Waals surface area contributed by atoms with E-state index in [2.05, 4.69) is 15.2 Å². The minimum absolute atomic E-state index is 0.200. The molecule has 0 aliphatic carbocycles. The minimum Gasteiger partial charge on any atom is -0.494 e. The summed E-state index contributed by atoms with van der Waals surface area (Å²) in [5, 5.41) is 5.72. The molecule has 0 unspecified atom stereocenters. The van der Waals surface area contributed by atoms with E-state index in [-0.39, 0.29) is 11.8 Å². The van der Waals surface area contributed by atoms with Gasteiger partial charge in [0.1, 0.15) is 5.75 Å². The zero-order chi connectivity index (χ0) is 23.0. The van der Waals surface area contributed by atoms with Crippen LogP contribution in [0, 0.1) is 0 Å². The second-order valence-corrected chi connectivity index (χ2v) is 7.50. The molecule has 2 N–H and O–H groups in total. The average Bonchev–Trinajstić information content (AvgIpc) is 3.34. The Morgan fingerprint density at radius 3 is 1.73 bits per heavy atom. The number of carbonyl (C=O) groups excluding carboxylic acids is 2. The van der Waals surface area contributed by atoms with Crippen LogP contribution in [0.1, 0.15) is 33.2 Å². The van der Waals surface area contributed by atoms with Crippen molar-refractivity contribution in [2.24, 2.45) is 0 Å². The number of aromatic nitrogens is 1. The van der Waals surface area contributed by atoms with E-state index in [1.165, 1.54) is 0 Å². The van der Waals surface area contributed by atoms with Gasteiger partial charge in [-0.25, -0.2) is 0 Å². The van der Waals surface area contributed by atoms with Crippen LogP contribution in [0.4, 0.5) is 11.4 Å². The van der Waals surface area contributed by atoms with Gasteiger partial charge in [0.2, 0.25) is 0 Å². The lowest BCUT2D eigenvalue weighted by Crippen LogP contribution is -2.13. The maximum absolute atomic E-state index is 12.6. The lowest BCUT2D eigenvalue weighted by molar-refractivity contribution is 0.102. The number of benzene rings is 3. The maximum atomic E-state index is 12.6. The molecule has 6 nitrogen and oxygen atoms in total. The quantitative estimate of drug-likeness (QED) is 0.384. The number of nitrogens with zero attached hydrogens (tertiary/aromatic N) is 1. The second-order valence-electron chi connectivity index (χ2n) is 7.50. The molecule has 0 spiro atoms. The summed E-state index contributed by atoms with van der Waals surface area (Å²) in [5.41, 5.74) is 3.49. The molecule has 0 bridgehead atoms. The van der Waals surface area contributed by atoms with Gasteiger partial charge in [-0.3, -0.25) is 9.59 Å². The summed E-state index contributed by atoms with van der Waals surface area (Å²) in [7, 11) is 0. The first-order chi connectivity index (χ1) is 16.1. The van der Waals surface area contributed by atoms with Crippen LogP contribution in [0.5, 0.6) is 5.75 Å². The van der Waals surface area contributed by atoms with E-state index < -0.39 is 0 Å². The van der Waals surface area contributed by atoms with Crippen molar-refractivity contribution < 1.29 is 14.3 Å². The molecule has 0 radical (unpaired) electrons. The van der Waals surface area contributed by atoms with E-state index in [4.69, 9.17) is 4.74 Å². The fraction of sp³-hybridized carbons (Fsp3) is 0.111. The Kier molecular flexibility index (Phi) is 6.85. The zero-order valence-corrected chi connectivity index (χ0v) is 18.3. The van der Waals surface area contributed by atoms with E-state index in [0.29, 0.717) is 29.1 Å². The van der Waals surface area contributed by atoms with Crippen LogP contribution in [-0.2, 0) is 6.54 Å². The number of carbonyl (C=O) groups is 2. The maximum Gasteiger partial charge on any atom is 0.255 e. The number of hydrogen-bond acceptors (Lipinski definition) is 3. The predicted octanol–water partition coefficient (Wildman–Crippen LogP) is 5.44. The predicted molar refractivity (Wildman–Crippen MR) is 130 cm³/mol. The van der Waals surface area contributed by atoms with E-state index >= 15 is 0 Å². The normalized spacial score (nSPS) is 10.5. The van der Waals surface area contributed by atoms with Gasteiger partial charge < -0.3 is 19.9 Å². The van der Waals surface area contributed by atoms with Crippen LogP contribution in [0.25, 0.3) is 0 Å². The topological polar surface area (TPSA) is 72.4 Å². The smallest absolute Gasteiger partial charge is 0.255 e. The summed E-state index contributed by atoms with van der Waals surface area (Å²) in [5.74, 6) is 0.329. The summed E-state index contributed by atoms with van der Waals surface area (Å²) < 4.78 is 7.48. The monoisotopic (exact) mass is 439 g/mol. The Morgan fingerprint density at radius 1 is 0.727 bits per heavy atom. The third kappa shape index (κ3) is 5.89. The van der Waals surface area contributed by atoms with Crippen molar-refractivity contribution in [3.63, 3.8) is 0 Å². The number of amides is 2. The Morgan fingerprint density at radius 2 is 1.21 bits per heavy atom. The Balaban J connectivity index is 1.32.